The van der Waals surface area contributed by atoms with Crippen LogP contribution in [0.25, 0.3) is 11.1 Å². The quantitative estimate of drug-likeness (QED) is 0.501. The van der Waals surface area contributed by atoms with Crippen LogP contribution in [0.5, 0.6) is 6.08 Å². The van der Waals surface area contributed by atoms with Crippen molar-refractivity contribution >= 4 is 34.5 Å². The number of hydroxylamine groups is 1. The van der Waals surface area contributed by atoms with E-state index in [0.29, 0.717) is 11.1 Å². The molecule has 6 nitrogen and oxygen atoms in total. The highest BCUT2D eigenvalue weighted by molar-refractivity contribution is 7.98. The van der Waals surface area contributed by atoms with E-state index in [9.17, 15) is 4.79 Å². The molecule has 0 bridgehead atoms. The lowest BCUT2D eigenvalue weighted by atomic mass is 10.3. The number of ether oxygens (including phenoxy) is 1. The monoisotopic (exact) mass is 344 g/mol. The Morgan fingerprint density at radius 2 is 1.96 bits per heavy atom. The summed E-state index contributed by atoms with van der Waals surface area (Å²) in [5.41, 5.74) is 2.04. The normalized spacial score (nSPS) is 10.6. The van der Waals surface area contributed by atoms with Crippen LogP contribution in [-0.4, -0.2) is 30.9 Å². The second-order valence-electron chi connectivity index (χ2n) is 4.89. The van der Waals surface area contributed by atoms with Gasteiger partial charge in [0, 0.05) is 11.9 Å². The third-order valence-corrected chi connectivity index (χ3v) is 4.01. The number of aromatic nitrogens is 1. The lowest BCUT2D eigenvalue weighted by Gasteiger charge is -2.18. The molecule has 7 heteroatoms. The summed E-state index contributed by atoms with van der Waals surface area (Å²) >= 11 is 1.65. The second-order valence-corrected chi connectivity index (χ2v) is 5.77. The maximum atomic E-state index is 11.9. The predicted molar refractivity (Wildman–Crippen MR) is 92.2 cm³/mol. The number of para-hydroxylation sites is 2. The third kappa shape index (κ3) is 3.80. The number of oxazole rings is 1. The zero-order valence-electron chi connectivity index (χ0n) is 13.3. The Bertz CT molecular complexity index is 799. The summed E-state index contributed by atoms with van der Waals surface area (Å²) in [6, 6.07) is 14.9. The van der Waals surface area contributed by atoms with Crippen molar-refractivity contribution in [2.24, 2.45) is 0 Å². The Balaban J connectivity index is 1.54. The van der Waals surface area contributed by atoms with Crippen LogP contribution >= 0.6 is 11.8 Å². The molecule has 0 radical (unpaired) electrons. The van der Waals surface area contributed by atoms with Gasteiger partial charge in [-0.25, -0.2) is 9.86 Å². The van der Waals surface area contributed by atoms with Crippen molar-refractivity contribution in [2.75, 3.05) is 25.0 Å². The molecule has 0 aliphatic carbocycles. The van der Waals surface area contributed by atoms with Crippen LogP contribution in [0.2, 0.25) is 0 Å². The summed E-state index contributed by atoms with van der Waals surface area (Å²) < 4.78 is 10.6. The molecule has 1 aromatic heterocycles. The summed E-state index contributed by atoms with van der Waals surface area (Å²) in [5.74, 6) is -0.548. The number of carbonyl (C=O) groups excluding carboxylic acids is 1. The predicted octanol–water partition coefficient (Wildman–Crippen LogP) is 3.52. The topological polar surface area (TPSA) is 64.8 Å². The molecule has 0 N–H and O–H groups in total. The van der Waals surface area contributed by atoms with E-state index < -0.39 is 5.97 Å². The molecule has 3 aromatic rings. The minimum Gasteiger partial charge on any atom is -0.438 e. The minimum atomic E-state index is -0.548. The Morgan fingerprint density at radius 1 is 1.21 bits per heavy atom. The number of rotatable bonds is 6. The molecule has 2 aromatic carbocycles. The van der Waals surface area contributed by atoms with Gasteiger partial charge in [0.05, 0.1) is 5.69 Å². The fourth-order valence-electron chi connectivity index (χ4n) is 2.06. The Morgan fingerprint density at radius 3 is 2.67 bits per heavy atom. The minimum absolute atomic E-state index is 0.0418. The maximum Gasteiger partial charge on any atom is 0.395 e. The van der Waals surface area contributed by atoms with Gasteiger partial charge >= 0.3 is 12.0 Å². The van der Waals surface area contributed by atoms with Gasteiger partial charge in [-0.2, -0.15) is 4.98 Å². The number of thioether (sulfide) groups is 1. The van der Waals surface area contributed by atoms with Crippen molar-refractivity contribution in [3.8, 4) is 6.08 Å². The zero-order chi connectivity index (χ0) is 16.9. The highest BCUT2D eigenvalue weighted by atomic mass is 32.2. The molecule has 0 saturated carbocycles. The van der Waals surface area contributed by atoms with Crippen molar-refractivity contribution in [1.29, 1.82) is 0 Å². The van der Waals surface area contributed by atoms with E-state index >= 15 is 0 Å². The molecule has 124 valence electrons. The molecule has 0 spiro atoms. The van der Waals surface area contributed by atoms with Crippen LogP contribution in [0.3, 0.4) is 0 Å². The first-order valence-electron chi connectivity index (χ1n) is 7.22. The van der Waals surface area contributed by atoms with Crippen molar-refractivity contribution in [3.63, 3.8) is 0 Å². The number of anilines is 1. The third-order valence-electron chi connectivity index (χ3n) is 3.26. The Kier molecular flexibility index (Phi) is 4.90. The number of hydrogen-bond acceptors (Lipinski definition) is 7. The molecule has 1 heterocycles. The SMILES string of the molecule is CSc1ccc(N(C)OC(=O)COc2nc3ccccc3o2)cc1. The molecule has 0 amide bonds. The second kappa shape index (κ2) is 7.27. The van der Waals surface area contributed by atoms with Crippen LogP contribution in [0.4, 0.5) is 5.69 Å². The molecule has 0 unspecified atom stereocenters. The van der Waals surface area contributed by atoms with E-state index in [1.54, 1.807) is 30.9 Å². The van der Waals surface area contributed by atoms with Crippen LogP contribution in [0.1, 0.15) is 0 Å². The van der Waals surface area contributed by atoms with Crippen molar-refractivity contribution < 1.29 is 18.8 Å². The van der Waals surface area contributed by atoms with Crippen molar-refractivity contribution in [3.05, 3.63) is 48.5 Å². The smallest absolute Gasteiger partial charge is 0.395 e. The first-order chi connectivity index (χ1) is 11.7. The van der Waals surface area contributed by atoms with Gasteiger partial charge in [-0.15, -0.1) is 11.8 Å². The first-order valence-corrected chi connectivity index (χ1v) is 8.45. The summed E-state index contributed by atoms with van der Waals surface area (Å²) in [7, 11) is 1.66. The molecule has 0 atom stereocenters. The van der Waals surface area contributed by atoms with E-state index in [2.05, 4.69) is 4.98 Å². The number of nitrogens with zero attached hydrogens (tertiary/aromatic N) is 2. The average Bonchev–Trinajstić information content (AvgIpc) is 3.03. The van der Waals surface area contributed by atoms with Crippen molar-refractivity contribution in [1.82, 2.24) is 4.98 Å². The summed E-state index contributed by atoms with van der Waals surface area (Å²) in [5, 5.41) is 1.39. The number of fused-ring (bicyclic) bond motifs is 1. The Hall–Kier alpha value is -2.67. The summed E-state index contributed by atoms with van der Waals surface area (Å²) in [6.07, 6.45) is 2.04. The van der Waals surface area contributed by atoms with Crippen LogP contribution in [0, 0.1) is 0 Å². The van der Waals surface area contributed by atoms with E-state index in [1.807, 2.05) is 42.7 Å². The largest absolute Gasteiger partial charge is 0.438 e. The molecule has 24 heavy (non-hydrogen) atoms. The molecular formula is C17H16N2O4S. The van der Waals surface area contributed by atoms with Crippen molar-refractivity contribution in [2.45, 2.75) is 4.90 Å². The number of carbonyl (C=O) groups is 1. The highest BCUT2D eigenvalue weighted by Crippen LogP contribution is 2.21. The fourth-order valence-corrected chi connectivity index (χ4v) is 2.47. The van der Waals surface area contributed by atoms with Gasteiger partial charge in [-0.3, -0.25) is 0 Å². The summed E-state index contributed by atoms with van der Waals surface area (Å²) in [4.78, 5) is 22.3. The molecule has 0 aliphatic rings. The van der Waals surface area contributed by atoms with E-state index in [0.717, 1.165) is 10.6 Å². The number of benzene rings is 2. The molecule has 3 rings (SSSR count). The van der Waals surface area contributed by atoms with Gasteiger partial charge in [-0.1, -0.05) is 12.1 Å². The van der Waals surface area contributed by atoms with Gasteiger partial charge in [0.15, 0.2) is 12.2 Å². The van der Waals surface area contributed by atoms with Crippen LogP contribution < -0.4 is 9.80 Å². The standard InChI is InChI=1S/C17H16N2O4S/c1-19(12-7-9-13(24-2)10-8-12)23-16(20)11-21-17-18-14-5-3-4-6-15(14)22-17/h3-10H,11H2,1-2H3. The van der Waals surface area contributed by atoms with Crippen LogP contribution in [0.15, 0.2) is 57.8 Å². The van der Waals surface area contributed by atoms with Gasteiger partial charge < -0.3 is 14.0 Å². The molecule has 0 aliphatic heterocycles. The Labute approximate surface area is 143 Å². The molecule has 0 fully saturated rings. The summed E-state index contributed by atoms with van der Waals surface area (Å²) in [6.45, 7) is -0.292. The van der Waals surface area contributed by atoms with Gasteiger partial charge in [0.1, 0.15) is 5.52 Å². The zero-order valence-corrected chi connectivity index (χ0v) is 14.1. The van der Waals surface area contributed by atoms with E-state index in [1.165, 1.54) is 5.06 Å². The molecular weight excluding hydrogens is 328 g/mol. The van der Waals surface area contributed by atoms with E-state index in [-0.39, 0.29) is 12.7 Å². The maximum absolute atomic E-state index is 11.9. The van der Waals surface area contributed by atoms with E-state index in [4.69, 9.17) is 14.0 Å². The van der Waals surface area contributed by atoms with Gasteiger partial charge in [-0.05, 0) is 42.7 Å². The average molecular weight is 344 g/mol. The lowest BCUT2D eigenvalue weighted by Crippen LogP contribution is -2.26. The van der Waals surface area contributed by atoms with Gasteiger partial charge in [0.2, 0.25) is 0 Å². The number of hydrogen-bond donors (Lipinski definition) is 0. The fraction of sp³-hybridized carbons (Fsp3) is 0.176. The molecule has 0 saturated heterocycles. The lowest BCUT2D eigenvalue weighted by molar-refractivity contribution is -0.147. The van der Waals surface area contributed by atoms with Crippen LogP contribution in [-0.2, 0) is 9.63 Å². The first kappa shape index (κ1) is 16.2. The highest BCUT2D eigenvalue weighted by Gasteiger charge is 2.13. The van der Waals surface area contributed by atoms with Gasteiger partial charge in [0.25, 0.3) is 0 Å².